The van der Waals surface area contributed by atoms with Crippen molar-refractivity contribution in [1.29, 1.82) is 0 Å². The van der Waals surface area contributed by atoms with Crippen LogP contribution in [0.2, 0.25) is 10.0 Å². The molecule has 0 saturated heterocycles. The lowest BCUT2D eigenvalue weighted by atomic mass is 9.85. The summed E-state index contributed by atoms with van der Waals surface area (Å²) in [5, 5.41) is 12.3. The Bertz CT molecular complexity index is 1050. The van der Waals surface area contributed by atoms with Crippen molar-refractivity contribution in [2.45, 2.75) is 12.0 Å². The first-order valence-electron chi connectivity index (χ1n) is 9.19. The molecule has 0 aliphatic carbocycles. The minimum absolute atomic E-state index is 0.335. The van der Waals surface area contributed by atoms with Crippen molar-refractivity contribution in [3.05, 3.63) is 105 Å². The number of likely N-dealkylation sites (N-methyl/N-ethyl adjacent to an activating group) is 1. The van der Waals surface area contributed by atoms with Crippen molar-refractivity contribution in [2.75, 3.05) is 13.6 Å². The molecule has 6 heteroatoms. The SMILES string of the molecule is CN1CC(c2ccc(Cl)cc2F)C(C(O)c2cccnc2)=C1c1ccc(Cl)cc1. The van der Waals surface area contributed by atoms with Gasteiger partial charge in [0.15, 0.2) is 0 Å². The van der Waals surface area contributed by atoms with E-state index in [9.17, 15) is 9.50 Å². The Morgan fingerprint density at radius 2 is 1.83 bits per heavy atom. The van der Waals surface area contributed by atoms with Crippen LogP contribution in [0, 0.1) is 5.82 Å². The Hall–Kier alpha value is -2.40. The molecule has 0 spiro atoms. The quantitative estimate of drug-likeness (QED) is 0.578. The highest BCUT2D eigenvalue weighted by Gasteiger charge is 2.37. The van der Waals surface area contributed by atoms with Gasteiger partial charge in [0, 0.05) is 53.2 Å². The third kappa shape index (κ3) is 3.88. The van der Waals surface area contributed by atoms with Crippen molar-refractivity contribution in [1.82, 2.24) is 9.88 Å². The molecule has 3 nitrogen and oxygen atoms in total. The van der Waals surface area contributed by atoms with Gasteiger partial charge in [0.05, 0.1) is 0 Å². The highest BCUT2D eigenvalue weighted by atomic mass is 35.5. The molecule has 29 heavy (non-hydrogen) atoms. The number of hydrogen-bond donors (Lipinski definition) is 1. The third-order valence-electron chi connectivity index (χ3n) is 5.24. The van der Waals surface area contributed by atoms with Gasteiger partial charge in [0.2, 0.25) is 0 Å². The minimum Gasteiger partial charge on any atom is -0.384 e. The van der Waals surface area contributed by atoms with Crippen molar-refractivity contribution >= 4 is 28.9 Å². The van der Waals surface area contributed by atoms with E-state index in [1.807, 2.05) is 42.3 Å². The normalized spacial score (nSPS) is 17.7. The van der Waals surface area contributed by atoms with Crippen molar-refractivity contribution in [2.24, 2.45) is 0 Å². The molecular weight excluding hydrogens is 410 g/mol. The van der Waals surface area contributed by atoms with Crippen LogP contribution in [0.3, 0.4) is 0 Å². The van der Waals surface area contributed by atoms with Crippen molar-refractivity contribution in [3.63, 3.8) is 0 Å². The van der Waals surface area contributed by atoms with Gasteiger partial charge in [-0.3, -0.25) is 4.98 Å². The topological polar surface area (TPSA) is 36.4 Å². The smallest absolute Gasteiger partial charge is 0.128 e. The molecule has 4 rings (SSSR count). The predicted octanol–water partition coefficient (Wildman–Crippen LogP) is 5.70. The van der Waals surface area contributed by atoms with Gasteiger partial charge in [-0.25, -0.2) is 4.39 Å². The van der Waals surface area contributed by atoms with Gasteiger partial charge in [0.1, 0.15) is 11.9 Å². The summed E-state index contributed by atoms with van der Waals surface area (Å²) in [7, 11) is 1.94. The second kappa shape index (κ2) is 8.15. The van der Waals surface area contributed by atoms with Gasteiger partial charge in [-0.1, -0.05) is 47.5 Å². The zero-order valence-electron chi connectivity index (χ0n) is 15.7. The maximum absolute atomic E-state index is 14.8. The third-order valence-corrected chi connectivity index (χ3v) is 5.72. The van der Waals surface area contributed by atoms with E-state index in [2.05, 4.69) is 4.98 Å². The summed E-state index contributed by atoms with van der Waals surface area (Å²) in [6.45, 7) is 0.531. The predicted molar refractivity (Wildman–Crippen MR) is 114 cm³/mol. The summed E-state index contributed by atoms with van der Waals surface area (Å²) in [4.78, 5) is 6.17. The second-order valence-electron chi connectivity index (χ2n) is 7.10. The Balaban J connectivity index is 1.90. The molecule has 2 aromatic carbocycles. The molecule has 148 valence electrons. The van der Waals surface area contributed by atoms with Gasteiger partial charge in [-0.05, 0) is 47.0 Å². The summed E-state index contributed by atoms with van der Waals surface area (Å²) in [5.41, 5.74) is 3.65. The molecule has 1 N–H and O–H groups in total. The molecule has 0 amide bonds. The fourth-order valence-electron chi connectivity index (χ4n) is 3.93. The molecule has 0 bridgehead atoms. The summed E-state index contributed by atoms with van der Waals surface area (Å²) < 4.78 is 14.8. The second-order valence-corrected chi connectivity index (χ2v) is 7.97. The molecule has 1 aromatic heterocycles. The van der Waals surface area contributed by atoms with Gasteiger partial charge >= 0.3 is 0 Å². The Morgan fingerprint density at radius 1 is 1.10 bits per heavy atom. The molecule has 2 heterocycles. The maximum atomic E-state index is 14.8. The lowest BCUT2D eigenvalue weighted by Gasteiger charge is -2.21. The van der Waals surface area contributed by atoms with Gasteiger partial charge in [-0.2, -0.15) is 0 Å². The zero-order chi connectivity index (χ0) is 20.5. The first-order valence-corrected chi connectivity index (χ1v) is 9.95. The lowest BCUT2D eigenvalue weighted by molar-refractivity contribution is 0.209. The van der Waals surface area contributed by atoms with Crippen molar-refractivity contribution in [3.8, 4) is 0 Å². The number of nitrogens with zero attached hydrogens (tertiary/aromatic N) is 2. The summed E-state index contributed by atoms with van der Waals surface area (Å²) in [6.07, 6.45) is 2.35. The van der Waals surface area contributed by atoms with Crippen LogP contribution in [0.1, 0.15) is 28.7 Å². The van der Waals surface area contributed by atoms with E-state index in [1.54, 1.807) is 30.6 Å². The van der Waals surface area contributed by atoms with Crippen LogP contribution in [-0.2, 0) is 0 Å². The van der Waals surface area contributed by atoms with Gasteiger partial charge < -0.3 is 10.0 Å². The molecule has 1 aliphatic heterocycles. The molecule has 3 aromatic rings. The van der Waals surface area contributed by atoms with E-state index in [4.69, 9.17) is 23.2 Å². The van der Waals surface area contributed by atoms with E-state index in [-0.39, 0.29) is 11.7 Å². The number of benzene rings is 2. The average molecular weight is 429 g/mol. The van der Waals surface area contributed by atoms with E-state index in [1.165, 1.54) is 6.07 Å². The average Bonchev–Trinajstić information content (AvgIpc) is 3.05. The van der Waals surface area contributed by atoms with E-state index in [0.717, 1.165) is 16.8 Å². The van der Waals surface area contributed by atoms with E-state index in [0.29, 0.717) is 27.7 Å². The maximum Gasteiger partial charge on any atom is 0.128 e. The van der Waals surface area contributed by atoms with Crippen LogP contribution in [-0.4, -0.2) is 28.6 Å². The van der Waals surface area contributed by atoms with E-state index < -0.39 is 6.10 Å². The standard InChI is InChI=1S/C23H19Cl2FN2O/c1-28-13-19(18-9-8-17(25)11-20(18)26)21(23(29)15-3-2-10-27-12-15)22(28)14-4-6-16(24)7-5-14/h2-12,19,23,29H,13H2,1H3. The van der Waals surface area contributed by atoms with Crippen molar-refractivity contribution < 1.29 is 9.50 Å². The molecule has 2 unspecified atom stereocenters. The fraction of sp³-hybridized carbons (Fsp3) is 0.174. The van der Waals surface area contributed by atoms with Gasteiger partial charge in [0.25, 0.3) is 0 Å². The number of aliphatic hydroxyl groups is 1. The number of halogens is 3. The van der Waals surface area contributed by atoms with Crippen LogP contribution < -0.4 is 0 Å². The summed E-state index contributed by atoms with van der Waals surface area (Å²) in [6, 6.07) is 15.7. The number of aromatic nitrogens is 1. The molecule has 0 fully saturated rings. The Labute approximate surface area is 179 Å². The molecular formula is C23H19Cl2FN2O. The number of pyridine rings is 1. The number of hydrogen-bond acceptors (Lipinski definition) is 3. The van der Waals surface area contributed by atoms with Crippen LogP contribution in [0.25, 0.3) is 5.70 Å². The first-order chi connectivity index (χ1) is 14.0. The lowest BCUT2D eigenvalue weighted by Crippen LogP contribution is -2.16. The Kier molecular flexibility index (Phi) is 5.59. The van der Waals surface area contributed by atoms with Crippen LogP contribution in [0.15, 0.2) is 72.6 Å². The summed E-state index contributed by atoms with van der Waals surface area (Å²) >= 11 is 12.0. The molecule has 2 atom stereocenters. The Morgan fingerprint density at radius 3 is 2.48 bits per heavy atom. The minimum atomic E-state index is -0.931. The highest BCUT2D eigenvalue weighted by Crippen LogP contribution is 2.46. The number of rotatable bonds is 4. The molecule has 0 saturated carbocycles. The van der Waals surface area contributed by atoms with E-state index >= 15 is 0 Å². The van der Waals surface area contributed by atoms with Crippen LogP contribution >= 0.6 is 23.2 Å². The largest absolute Gasteiger partial charge is 0.384 e. The van der Waals surface area contributed by atoms with Gasteiger partial charge in [-0.15, -0.1) is 0 Å². The first kappa shape index (κ1) is 19.9. The number of aliphatic hydroxyl groups excluding tert-OH is 1. The van der Waals surface area contributed by atoms with Crippen LogP contribution in [0.5, 0.6) is 0 Å². The monoisotopic (exact) mass is 428 g/mol. The fourth-order valence-corrected chi connectivity index (χ4v) is 4.22. The zero-order valence-corrected chi connectivity index (χ0v) is 17.2. The highest BCUT2D eigenvalue weighted by molar-refractivity contribution is 6.30. The molecule has 1 aliphatic rings. The summed E-state index contributed by atoms with van der Waals surface area (Å²) in [5.74, 6) is -0.720. The van der Waals surface area contributed by atoms with Crippen LogP contribution in [0.4, 0.5) is 4.39 Å². The molecule has 0 radical (unpaired) electrons.